The molecule has 1 aromatic carbocycles. The van der Waals surface area contributed by atoms with Crippen LogP contribution in [0.25, 0.3) is 11.0 Å². The fourth-order valence-electron chi connectivity index (χ4n) is 3.28. The number of aromatic amines is 1. The molecule has 9 nitrogen and oxygen atoms in total. The predicted octanol–water partition coefficient (Wildman–Crippen LogP) is 3.55. The zero-order chi connectivity index (χ0) is 24.3. The van der Waals surface area contributed by atoms with Crippen molar-refractivity contribution in [3.05, 3.63) is 50.4 Å². The van der Waals surface area contributed by atoms with Gasteiger partial charge in [0.15, 0.2) is 5.52 Å². The van der Waals surface area contributed by atoms with E-state index in [1.165, 1.54) is 0 Å². The fourth-order valence-corrected chi connectivity index (χ4v) is 3.60. The van der Waals surface area contributed by atoms with Crippen LogP contribution in [-0.4, -0.2) is 62.0 Å². The largest absolute Gasteiger partial charge is 0.490 e. The molecule has 33 heavy (non-hydrogen) atoms. The molecule has 0 bridgehead atoms. The van der Waals surface area contributed by atoms with Gasteiger partial charge in [-0.15, -0.1) is 0 Å². The lowest BCUT2D eigenvalue weighted by Gasteiger charge is -2.12. The van der Waals surface area contributed by atoms with Crippen molar-refractivity contribution in [2.45, 2.75) is 25.2 Å². The van der Waals surface area contributed by atoms with Gasteiger partial charge in [0.05, 0.1) is 22.3 Å². The molecule has 0 spiro atoms. The van der Waals surface area contributed by atoms with Gasteiger partial charge in [0, 0.05) is 13.1 Å². The number of hydrogen-bond donors (Lipinski definition) is 3. The van der Waals surface area contributed by atoms with Gasteiger partial charge >= 0.3 is 12.1 Å². The highest BCUT2D eigenvalue weighted by molar-refractivity contribution is 6.42. The first-order chi connectivity index (χ1) is 15.5. The Labute approximate surface area is 195 Å². The van der Waals surface area contributed by atoms with E-state index in [-0.39, 0.29) is 11.6 Å². The molecule has 1 aliphatic heterocycles. The SMILES string of the molecule is CN1CCC(n2ncc3nc(NCc4ccc(Cl)c(Cl)c4)[nH]c(=O)c32)C1.O=C(O)C(F)(F)F. The van der Waals surface area contributed by atoms with Gasteiger partial charge in [0.1, 0.15) is 5.52 Å². The van der Waals surface area contributed by atoms with Crippen LogP contribution in [0.2, 0.25) is 10.0 Å². The molecule has 0 saturated carbocycles. The van der Waals surface area contributed by atoms with Crippen molar-refractivity contribution < 1.29 is 23.1 Å². The van der Waals surface area contributed by atoms with Crippen molar-refractivity contribution >= 4 is 46.2 Å². The molecule has 1 saturated heterocycles. The second-order valence-corrected chi connectivity index (χ2v) is 8.16. The van der Waals surface area contributed by atoms with E-state index in [9.17, 15) is 18.0 Å². The van der Waals surface area contributed by atoms with Crippen LogP contribution in [-0.2, 0) is 11.3 Å². The number of carbonyl (C=O) groups is 1. The summed E-state index contributed by atoms with van der Waals surface area (Å²) in [5.41, 5.74) is 1.84. The number of fused-ring (bicyclic) bond motifs is 1. The van der Waals surface area contributed by atoms with Crippen LogP contribution in [0.15, 0.2) is 29.2 Å². The Kier molecular flexibility index (Phi) is 7.50. The quantitative estimate of drug-likeness (QED) is 0.495. The van der Waals surface area contributed by atoms with Gasteiger partial charge in [-0.2, -0.15) is 18.3 Å². The van der Waals surface area contributed by atoms with E-state index in [0.717, 1.165) is 25.1 Å². The molecule has 178 valence electrons. The van der Waals surface area contributed by atoms with Crippen molar-refractivity contribution in [3.63, 3.8) is 0 Å². The summed E-state index contributed by atoms with van der Waals surface area (Å²) in [5, 5.41) is 15.6. The maximum Gasteiger partial charge on any atom is 0.490 e. The van der Waals surface area contributed by atoms with Crippen LogP contribution in [0, 0.1) is 0 Å². The lowest BCUT2D eigenvalue weighted by Crippen LogP contribution is -2.21. The predicted molar refractivity (Wildman–Crippen MR) is 117 cm³/mol. The Morgan fingerprint density at radius 2 is 2.03 bits per heavy atom. The summed E-state index contributed by atoms with van der Waals surface area (Å²) in [7, 11) is 2.07. The monoisotopic (exact) mass is 506 g/mol. The highest BCUT2D eigenvalue weighted by Gasteiger charge is 2.38. The average Bonchev–Trinajstić information content (AvgIpc) is 3.35. The molecule has 3 aromatic rings. The number of anilines is 1. The number of nitrogens with zero attached hydrogens (tertiary/aromatic N) is 4. The third-order valence-corrected chi connectivity index (χ3v) is 5.59. The van der Waals surface area contributed by atoms with E-state index in [2.05, 4.69) is 32.3 Å². The summed E-state index contributed by atoms with van der Waals surface area (Å²) in [5.74, 6) is -2.36. The number of benzene rings is 1. The minimum Gasteiger partial charge on any atom is -0.475 e. The summed E-state index contributed by atoms with van der Waals surface area (Å²) in [4.78, 5) is 31.0. The number of hydrogen-bond acceptors (Lipinski definition) is 6. The third kappa shape index (κ3) is 6.15. The fraction of sp³-hybridized carbons (Fsp3) is 0.368. The zero-order valence-corrected chi connectivity index (χ0v) is 18.7. The highest BCUT2D eigenvalue weighted by Crippen LogP contribution is 2.24. The Bertz CT molecular complexity index is 1210. The first-order valence-electron chi connectivity index (χ1n) is 9.59. The lowest BCUT2D eigenvalue weighted by molar-refractivity contribution is -0.192. The van der Waals surface area contributed by atoms with Crippen LogP contribution in [0.5, 0.6) is 0 Å². The molecule has 2 aromatic heterocycles. The van der Waals surface area contributed by atoms with Crippen molar-refractivity contribution in [1.82, 2.24) is 24.6 Å². The standard InChI is InChI=1S/C17H18Cl2N6O.C2HF3O2/c1-24-5-4-11(9-24)25-15-14(8-21-25)22-17(23-16(15)26)20-7-10-2-3-12(18)13(19)6-10;3-2(4,5)1(6)7/h2-3,6,8,11H,4-5,7,9H2,1H3,(H2,20,22,23,26);(H,6,7). The number of alkyl halides is 3. The Morgan fingerprint density at radius 1 is 1.33 bits per heavy atom. The van der Waals surface area contributed by atoms with Crippen LogP contribution in [0.1, 0.15) is 18.0 Å². The van der Waals surface area contributed by atoms with Crippen LogP contribution in [0.4, 0.5) is 19.1 Å². The third-order valence-electron chi connectivity index (χ3n) is 4.85. The molecule has 0 radical (unpaired) electrons. The number of aliphatic carboxylic acids is 1. The first kappa shape index (κ1) is 24.8. The molecule has 1 aliphatic rings. The molecule has 4 rings (SSSR count). The van der Waals surface area contributed by atoms with Crippen LogP contribution in [0.3, 0.4) is 0 Å². The molecule has 1 atom stereocenters. The van der Waals surface area contributed by atoms with E-state index >= 15 is 0 Å². The summed E-state index contributed by atoms with van der Waals surface area (Å²) in [6.45, 7) is 2.35. The number of likely N-dealkylation sites (N-methyl/N-ethyl adjacent to an activating group) is 1. The molecular formula is C19H19Cl2F3N6O3. The van der Waals surface area contributed by atoms with Crippen molar-refractivity contribution in [2.75, 3.05) is 25.5 Å². The molecule has 0 amide bonds. The van der Waals surface area contributed by atoms with Gasteiger partial charge in [-0.3, -0.25) is 14.5 Å². The Morgan fingerprint density at radius 3 is 2.61 bits per heavy atom. The summed E-state index contributed by atoms with van der Waals surface area (Å²) >= 11 is 12.0. The van der Waals surface area contributed by atoms with E-state index in [0.29, 0.717) is 33.6 Å². The van der Waals surface area contributed by atoms with E-state index in [1.807, 2.05) is 6.07 Å². The molecule has 0 aliphatic carbocycles. The van der Waals surface area contributed by atoms with Gasteiger partial charge in [0.2, 0.25) is 5.95 Å². The Balaban J connectivity index is 0.000000383. The van der Waals surface area contributed by atoms with Gasteiger partial charge in [-0.05, 0) is 37.7 Å². The number of halogens is 5. The Hall–Kier alpha value is -2.83. The number of aromatic nitrogens is 4. The first-order valence-corrected chi connectivity index (χ1v) is 10.3. The number of rotatable bonds is 4. The smallest absolute Gasteiger partial charge is 0.475 e. The number of carboxylic acid groups (broad SMARTS) is 1. The minimum atomic E-state index is -5.08. The molecule has 3 heterocycles. The summed E-state index contributed by atoms with van der Waals surface area (Å²) in [6, 6.07) is 5.59. The van der Waals surface area contributed by atoms with E-state index in [1.54, 1.807) is 23.0 Å². The van der Waals surface area contributed by atoms with Gasteiger partial charge < -0.3 is 15.3 Å². The number of H-pyrrole nitrogens is 1. The topological polar surface area (TPSA) is 116 Å². The normalized spacial score (nSPS) is 16.5. The molecule has 14 heteroatoms. The second kappa shape index (κ2) is 9.98. The summed E-state index contributed by atoms with van der Waals surface area (Å²) < 4.78 is 33.5. The lowest BCUT2D eigenvalue weighted by atomic mass is 10.2. The van der Waals surface area contributed by atoms with Crippen LogP contribution < -0.4 is 10.9 Å². The molecule has 1 fully saturated rings. The number of likely N-dealkylation sites (tertiary alicyclic amines) is 1. The van der Waals surface area contributed by atoms with Crippen LogP contribution >= 0.6 is 23.2 Å². The van der Waals surface area contributed by atoms with Crippen molar-refractivity contribution in [1.29, 1.82) is 0 Å². The summed E-state index contributed by atoms with van der Waals surface area (Å²) in [6.07, 6.45) is -2.46. The minimum absolute atomic E-state index is 0.196. The van der Waals surface area contributed by atoms with Gasteiger partial charge in [0.25, 0.3) is 5.56 Å². The van der Waals surface area contributed by atoms with Gasteiger partial charge in [-0.1, -0.05) is 29.3 Å². The zero-order valence-electron chi connectivity index (χ0n) is 17.2. The maximum absolute atomic E-state index is 12.6. The number of carboxylic acids is 1. The molecule has 1 unspecified atom stereocenters. The maximum atomic E-state index is 12.6. The molecular weight excluding hydrogens is 488 g/mol. The average molecular weight is 507 g/mol. The van der Waals surface area contributed by atoms with E-state index in [4.69, 9.17) is 33.1 Å². The van der Waals surface area contributed by atoms with Crippen molar-refractivity contribution in [2.24, 2.45) is 0 Å². The van der Waals surface area contributed by atoms with Crippen molar-refractivity contribution in [3.8, 4) is 0 Å². The highest BCUT2D eigenvalue weighted by atomic mass is 35.5. The second-order valence-electron chi connectivity index (χ2n) is 7.35. The van der Waals surface area contributed by atoms with Gasteiger partial charge in [-0.25, -0.2) is 9.78 Å². The number of nitrogens with one attached hydrogen (secondary N) is 2. The van der Waals surface area contributed by atoms with E-state index < -0.39 is 12.1 Å². The molecule has 3 N–H and O–H groups in total.